The number of carbonyl (C=O) groups excluding carboxylic acids is 1. The summed E-state index contributed by atoms with van der Waals surface area (Å²) >= 11 is 3.32. The molecule has 102 valence electrons. The van der Waals surface area contributed by atoms with Gasteiger partial charge in [0.25, 0.3) is 5.91 Å². The Morgan fingerprint density at radius 1 is 1.47 bits per heavy atom. The second kappa shape index (κ2) is 5.09. The van der Waals surface area contributed by atoms with Gasteiger partial charge in [-0.25, -0.2) is 4.98 Å². The number of nitrogens with two attached hydrogens (primary N) is 1. The fourth-order valence-electron chi connectivity index (χ4n) is 3.13. The molecular weight excluding hydrogens is 308 g/mol. The lowest BCUT2D eigenvalue weighted by molar-refractivity contribution is 0.0930. The summed E-state index contributed by atoms with van der Waals surface area (Å²) in [5, 5.41) is 3.11. The normalized spacial score (nSPS) is 26.4. The van der Waals surface area contributed by atoms with Crippen LogP contribution in [0.15, 0.2) is 16.7 Å². The van der Waals surface area contributed by atoms with Gasteiger partial charge in [0.15, 0.2) is 0 Å². The zero-order valence-electron chi connectivity index (χ0n) is 10.6. The van der Waals surface area contributed by atoms with Crippen molar-refractivity contribution in [3.05, 3.63) is 22.3 Å². The first-order valence-electron chi connectivity index (χ1n) is 6.61. The quantitative estimate of drug-likeness (QED) is 0.862. The first-order chi connectivity index (χ1) is 9.15. The van der Waals surface area contributed by atoms with Crippen LogP contribution in [0.3, 0.4) is 0 Å². The maximum atomic E-state index is 12.3. The standard InChI is InChI=1S/C13H17BrN4O/c14-8-6-9(12(15)16-7-8)13(19)17-10-3-5-18-4-1-2-11(10)18/h6-7,10-11H,1-5H2,(H2,15,16)(H,17,19). The number of rotatable bonds is 2. The molecule has 0 saturated carbocycles. The average molecular weight is 325 g/mol. The van der Waals surface area contributed by atoms with Crippen molar-refractivity contribution in [1.82, 2.24) is 15.2 Å². The first-order valence-corrected chi connectivity index (χ1v) is 7.40. The molecule has 2 fully saturated rings. The summed E-state index contributed by atoms with van der Waals surface area (Å²) in [4.78, 5) is 18.8. The van der Waals surface area contributed by atoms with Crippen LogP contribution in [0.25, 0.3) is 0 Å². The molecular formula is C13H17BrN4O. The van der Waals surface area contributed by atoms with Gasteiger partial charge < -0.3 is 11.1 Å². The lowest BCUT2D eigenvalue weighted by Crippen LogP contribution is -2.42. The molecule has 0 bridgehead atoms. The van der Waals surface area contributed by atoms with Crippen molar-refractivity contribution in [2.24, 2.45) is 0 Å². The number of nitrogens with zero attached hydrogens (tertiary/aromatic N) is 2. The third kappa shape index (κ3) is 2.47. The van der Waals surface area contributed by atoms with Crippen LogP contribution < -0.4 is 11.1 Å². The number of nitrogens with one attached hydrogen (secondary N) is 1. The molecule has 3 rings (SSSR count). The molecule has 0 spiro atoms. The molecule has 0 aliphatic carbocycles. The van der Waals surface area contributed by atoms with Crippen LogP contribution in [-0.4, -0.2) is 41.0 Å². The van der Waals surface area contributed by atoms with E-state index in [4.69, 9.17) is 5.73 Å². The molecule has 2 aliphatic rings. The predicted molar refractivity (Wildman–Crippen MR) is 76.8 cm³/mol. The molecule has 3 N–H and O–H groups in total. The van der Waals surface area contributed by atoms with Crippen LogP contribution in [-0.2, 0) is 0 Å². The number of anilines is 1. The summed E-state index contributed by atoms with van der Waals surface area (Å²) in [5.74, 6) is 0.159. The van der Waals surface area contributed by atoms with Gasteiger partial charge in [-0.3, -0.25) is 9.69 Å². The van der Waals surface area contributed by atoms with Crippen LogP contribution >= 0.6 is 15.9 Å². The van der Waals surface area contributed by atoms with Gasteiger partial charge in [-0.2, -0.15) is 0 Å². The predicted octanol–water partition coefficient (Wildman–Crippen LogP) is 1.39. The number of hydrogen-bond donors (Lipinski definition) is 2. The number of halogens is 1. The molecule has 2 saturated heterocycles. The molecule has 1 aromatic heterocycles. The molecule has 2 aliphatic heterocycles. The third-order valence-electron chi connectivity index (χ3n) is 4.05. The third-order valence-corrected chi connectivity index (χ3v) is 4.49. The van der Waals surface area contributed by atoms with E-state index in [1.54, 1.807) is 12.3 Å². The van der Waals surface area contributed by atoms with Gasteiger partial charge in [0.2, 0.25) is 0 Å². The summed E-state index contributed by atoms with van der Waals surface area (Å²) in [6, 6.07) is 2.47. The number of carbonyl (C=O) groups is 1. The highest BCUT2D eigenvalue weighted by atomic mass is 79.9. The van der Waals surface area contributed by atoms with E-state index < -0.39 is 0 Å². The monoisotopic (exact) mass is 324 g/mol. The van der Waals surface area contributed by atoms with E-state index in [1.165, 1.54) is 12.8 Å². The Hall–Kier alpha value is -1.14. The summed E-state index contributed by atoms with van der Waals surface area (Å²) in [6.07, 6.45) is 5.03. The Bertz CT molecular complexity index is 507. The van der Waals surface area contributed by atoms with E-state index in [0.717, 1.165) is 24.0 Å². The molecule has 19 heavy (non-hydrogen) atoms. The molecule has 0 radical (unpaired) electrons. The SMILES string of the molecule is Nc1ncc(Br)cc1C(=O)NC1CCN2CCCC12. The fraction of sp³-hybridized carbons (Fsp3) is 0.538. The van der Waals surface area contributed by atoms with Gasteiger partial charge in [-0.05, 0) is 47.8 Å². The maximum Gasteiger partial charge on any atom is 0.255 e. The van der Waals surface area contributed by atoms with Crippen LogP contribution in [0, 0.1) is 0 Å². The lowest BCUT2D eigenvalue weighted by Gasteiger charge is -2.21. The highest BCUT2D eigenvalue weighted by molar-refractivity contribution is 9.10. The van der Waals surface area contributed by atoms with Crippen molar-refractivity contribution in [3.8, 4) is 0 Å². The molecule has 2 atom stereocenters. The molecule has 1 amide bonds. The van der Waals surface area contributed by atoms with Crippen molar-refractivity contribution >= 4 is 27.7 Å². The summed E-state index contributed by atoms with van der Waals surface area (Å²) < 4.78 is 0.765. The second-order valence-electron chi connectivity index (χ2n) is 5.20. The highest BCUT2D eigenvalue weighted by Crippen LogP contribution is 2.28. The minimum atomic E-state index is -0.120. The molecule has 2 unspecified atom stereocenters. The van der Waals surface area contributed by atoms with E-state index in [-0.39, 0.29) is 17.8 Å². The number of fused-ring (bicyclic) bond motifs is 1. The van der Waals surface area contributed by atoms with Crippen LogP contribution in [0.4, 0.5) is 5.82 Å². The van der Waals surface area contributed by atoms with E-state index in [9.17, 15) is 4.79 Å². The molecule has 0 aromatic carbocycles. The lowest BCUT2D eigenvalue weighted by atomic mass is 10.1. The zero-order chi connectivity index (χ0) is 13.4. The van der Waals surface area contributed by atoms with Gasteiger partial charge in [-0.1, -0.05) is 0 Å². The Labute approximate surface area is 120 Å². The summed E-state index contributed by atoms with van der Waals surface area (Å²) in [5.41, 5.74) is 6.22. The minimum Gasteiger partial charge on any atom is -0.383 e. The molecule has 6 heteroatoms. The average Bonchev–Trinajstić information content (AvgIpc) is 2.97. The van der Waals surface area contributed by atoms with Gasteiger partial charge in [-0.15, -0.1) is 0 Å². The number of aromatic nitrogens is 1. The van der Waals surface area contributed by atoms with E-state index >= 15 is 0 Å². The minimum absolute atomic E-state index is 0.120. The van der Waals surface area contributed by atoms with Crippen molar-refractivity contribution in [3.63, 3.8) is 0 Å². The molecule has 5 nitrogen and oxygen atoms in total. The largest absolute Gasteiger partial charge is 0.383 e. The van der Waals surface area contributed by atoms with Gasteiger partial charge in [0, 0.05) is 29.3 Å². The number of pyridine rings is 1. The van der Waals surface area contributed by atoms with Gasteiger partial charge in [0.05, 0.1) is 5.56 Å². The van der Waals surface area contributed by atoms with E-state index in [1.807, 2.05) is 0 Å². The Morgan fingerprint density at radius 3 is 3.16 bits per heavy atom. The van der Waals surface area contributed by atoms with E-state index in [0.29, 0.717) is 11.6 Å². The summed E-state index contributed by atoms with van der Waals surface area (Å²) in [7, 11) is 0. The zero-order valence-corrected chi connectivity index (χ0v) is 12.2. The highest BCUT2D eigenvalue weighted by Gasteiger charge is 2.38. The first kappa shape index (κ1) is 12.9. The molecule has 1 aromatic rings. The van der Waals surface area contributed by atoms with Crippen LogP contribution in [0.2, 0.25) is 0 Å². The van der Waals surface area contributed by atoms with Gasteiger partial charge >= 0.3 is 0 Å². The van der Waals surface area contributed by atoms with Crippen molar-refractivity contribution in [2.75, 3.05) is 18.8 Å². The van der Waals surface area contributed by atoms with Crippen LogP contribution in [0.5, 0.6) is 0 Å². The fourth-order valence-corrected chi connectivity index (χ4v) is 3.46. The van der Waals surface area contributed by atoms with Crippen molar-refractivity contribution < 1.29 is 4.79 Å². The summed E-state index contributed by atoms with van der Waals surface area (Å²) in [6.45, 7) is 2.25. The number of hydrogen-bond acceptors (Lipinski definition) is 4. The molecule has 3 heterocycles. The second-order valence-corrected chi connectivity index (χ2v) is 6.12. The maximum absolute atomic E-state index is 12.3. The van der Waals surface area contributed by atoms with Crippen molar-refractivity contribution in [1.29, 1.82) is 0 Å². The Morgan fingerprint density at radius 2 is 2.32 bits per heavy atom. The van der Waals surface area contributed by atoms with E-state index in [2.05, 4.69) is 31.1 Å². The number of nitrogen functional groups attached to an aromatic ring is 1. The number of amides is 1. The smallest absolute Gasteiger partial charge is 0.255 e. The van der Waals surface area contributed by atoms with Gasteiger partial charge in [0.1, 0.15) is 5.82 Å². The Kier molecular flexibility index (Phi) is 3.45. The van der Waals surface area contributed by atoms with Crippen molar-refractivity contribution in [2.45, 2.75) is 31.3 Å². The van der Waals surface area contributed by atoms with Crippen LogP contribution in [0.1, 0.15) is 29.6 Å². The Balaban J connectivity index is 1.73. The topological polar surface area (TPSA) is 71.2 Å².